The highest BCUT2D eigenvalue weighted by Crippen LogP contribution is 2.77. The Hall–Kier alpha value is -2.38. The number of hydrogen-bond acceptors (Lipinski definition) is 7. The molecule has 8 heteroatoms. The number of methoxy groups -OCH3 is 1. The van der Waals surface area contributed by atoms with Crippen LogP contribution in [0.3, 0.4) is 0 Å². The van der Waals surface area contributed by atoms with Crippen LogP contribution in [0.4, 0.5) is 0 Å². The molecule has 0 saturated heterocycles. The fourth-order valence-corrected chi connectivity index (χ4v) is 12.6. The quantitative estimate of drug-likeness (QED) is 0.198. The number of carbonyl (C=O) groups excluding carboxylic acids is 4. The van der Waals surface area contributed by atoms with Crippen molar-refractivity contribution >= 4 is 23.8 Å². The molecule has 5 aliphatic carbocycles. The van der Waals surface area contributed by atoms with Gasteiger partial charge in [-0.1, -0.05) is 39.8 Å². The van der Waals surface area contributed by atoms with Gasteiger partial charge in [0.15, 0.2) is 0 Å². The van der Waals surface area contributed by atoms with Gasteiger partial charge in [-0.2, -0.15) is 0 Å². The number of nitrogens with one attached hydrogen (secondary N) is 1. The molecule has 5 aliphatic rings. The zero-order valence-corrected chi connectivity index (χ0v) is 29.0. The topological polar surface area (TPSA) is 108 Å². The largest absolute Gasteiger partial charge is 0.468 e. The molecule has 0 aromatic carbocycles. The standard InChI is InChI=1S/C37H57NO7/c1-22(2)25-12-17-37(32(42)38-20-30(41)43-9)19-18-35(7)26(31(25)37)10-11-28-33(5)15-14-29(45-24(4)40)34(6,21-44-23(3)39)27(33)13-16-36(28,35)8/h25-29,31H,1,10-21H2,2-9H3,(H,38,42)/t25-,26+,27+,28+,29-,31+,33-,34-,35+,36+,37-/m0/s1. The molecule has 5 fully saturated rings. The third-order valence-corrected chi connectivity index (χ3v) is 14.8. The summed E-state index contributed by atoms with van der Waals surface area (Å²) in [5.74, 6) is 0.587. The number of fused-ring (bicyclic) bond motifs is 7. The van der Waals surface area contributed by atoms with E-state index in [4.69, 9.17) is 14.2 Å². The van der Waals surface area contributed by atoms with Crippen LogP contribution in [0.5, 0.6) is 0 Å². The lowest BCUT2D eigenvalue weighted by molar-refractivity contribution is -0.256. The van der Waals surface area contributed by atoms with Gasteiger partial charge in [-0.3, -0.25) is 19.2 Å². The van der Waals surface area contributed by atoms with Crippen molar-refractivity contribution in [2.45, 2.75) is 119 Å². The number of esters is 3. The van der Waals surface area contributed by atoms with E-state index in [1.165, 1.54) is 26.5 Å². The van der Waals surface area contributed by atoms with Crippen molar-refractivity contribution in [1.29, 1.82) is 0 Å². The lowest BCUT2D eigenvalue weighted by Crippen LogP contribution is -2.68. The van der Waals surface area contributed by atoms with E-state index in [2.05, 4.69) is 46.5 Å². The maximum Gasteiger partial charge on any atom is 0.325 e. The second-order valence-corrected chi connectivity index (χ2v) is 16.5. The summed E-state index contributed by atoms with van der Waals surface area (Å²) in [6.45, 7) is 19.4. The van der Waals surface area contributed by atoms with Crippen LogP contribution in [-0.4, -0.2) is 50.2 Å². The average molecular weight is 628 g/mol. The molecule has 11 atom stereocenters. The van der Waals surface area contributed by atoms with Crippen molar-refractivity contribution < 1.29 is 33.4 Å². The van der Waals surface area contributed by atoms with Crippen LogP contribution in [0.15, 0.2) is 12.2 Å². The second kappa shape index (κ2) is 11.7. The third-order valence-electron chi connectivity index (χ3n) is 14.8. The summed E-state index contributed by atoms with van der Waals surface area (Å²) >= 11 is 0. The Bertz CT molecular complexity index is 1250. The second-order valence-electron chi connectivity index (χ2n) is 16.5. The van der Waals surface area contributed by atoms with E-state index in [9.17, 15) is 19.2 Å². The van der Waals surface area contributed by atoms with Crippen LogP contribution in [0, 0.1) is 56.7 Å². The van der Waals surface area contributed by atoms with Crippen LogP contribution in [0.25, 0.3) is 0 Å². The number of amides is 1. The molecule has 8 nitrogen and oxygen atoms in total. The number of hydrogen-bond donors (Lipinski definition) is 1. The van der Waals surface area contributed by atoms with E-state index in [0.717, 1.165) is 64.2 Å². The van der Waals surface area contributed by atoms with Crippen molar-refractivity contribution in [2.24, 2.45) is 56.7 Å². The lowest BCUT2D eigenvalue weighted by atomic mass is 9.32. The van der Waals surface area contributed by atoms with Gasteiger partial charge in [0, 0.05) is 19.3 Å². The minimum Gasteiger partial charge on any atom is -0.468 e. The van der Waals surface area contributed by atoms with Gasteiger partial charge in [0.1, 0.15) is 19.3 Å². The van der Waals surface area contributed by atoms with Crippen LogP contribution < -0.4 is 5.32 Å². The Balaban J connectivity index is 1.50. The molecule has 0 bridgehead atoms. The third kappa shape index (κ3) is 5.06. The number of allylic oxidation sites excluding steroid dienone is 1. The molecule has 1 amide bonds. The molecule has 0 spiro atoms. The van der Waals surface area contributed by atoms with E-state index >= 15 is 0 Å². The van der Waals surface area contributed by atoms with E-state index in [0.29, 0.717) is 11.8 Å². The average Bonchev–Trinajstić information content (AvgIpc) is 3.38. The van der Waals surface area contributed by atoms with Crippen molar-refractivity contribution in [3.63, 3.8) is 0 Å². The monoisotopic (exact) mass is 627 g/mol. The van der Waals surface area contributed by atoms with Gasteiger partial charge in [-0.05, 0) is 117 Å². The predicted octanol–water partition coefficient (Wildman–Crippen LogP) is 6.41. The highest BCUT2D eigenvalue weighted by Gasteiger charge is 2.72. The Morgan fingerprint density at radius 1 is 0.800 bits per heavy atom. The minimum atomic E-state index is -0.489. The van der Waals surface area contributed by atoms with Crippen molar-refractivity contribution in [3.05, 3.63) is 12.2 Å². The predicted molar refractivity (Wildman–Crippen MR) is 171 cm³/mol. The molecule has 5 rings (SSSR count). The molecule has 0 aromatic heterocycles. The molecule has 252 valence electrons. The first-order valence-corrected chi connectivity index (χ1v) is 17.3. The highest BCUT2D eigenvalue weighted by molar-refractivity contribution is 5.87. The van der Waals surface area contributed by atoms with Crippen molar-refractivity contribution in [3.8, 4) is 0 Å². The molecule has 0 radical (unpaired) electrons. The molecule has 0 unspecified atom stereocenters. The summed E-state index contributed by atoms with van der Waals surface area (Å²) in [5.41, 5.74) is 0.324. The van der Waals surface area contributed by atoms with Gasteiger partial charge >= 0.3 is 17.9 Å². The number of carbonyl (C=O) groups is 4. The smallest absolute Gasteiger partial charge is 0.325 e. The van der Waals surface area contributed by atoms with Crippen LogP contribution in [0.1, 0.15) is 113 Å². The van der Waals surface area contributed by atoms with E-state index in [1.807, 2.05) is 0 Å². The summed E-state index contributed by atoms with van der Waals surface area (Å²) in [7, 11) is 1.35. The van der Waals surface area contributed by atoms with Crippen LogP contribution in [-0.2, 0) is 33.4 Å². The highest BCUT2D eigenvalue weighted by atomic mass is 16.6. The SMILES string of the molecule is C=C(C)[C@@H]1CC[C@]2(C(=O)NCC(=O)OC)CC[C@]3(C)[C@H](CC[C@@H]4[C@@]5(C)CC[C@H](OC(C)=O)[C@@](C)(COC(C)=O)[C@@H]5CC[C@]43C)[C@@H]12. The Morgan fingerprint density at radius 3 is 2.13 bits per heavy atom. The molecule has 0 aromatic rings. The van der Waals surface area contributed by atoms with Gasteiger partial charge < -0.3 is 19.5 Å². The van der Waals surface area contributed by atoms with Gasteiger partial charge in [-0.25, -0.2) is 0 Å². The van der Waals surface area contributed by atoms with Gasteiger partial charge in [0.05, 0.1) is 12.5 Å². The molecule has 1 N–H and O–H groups in total. The summed E-state index contributed by atoms with van der Waals surface area (Å²) < 4.78 is 16.5. The molecule has 0 heterocycles. The number of rotatable bonds is 7. The molecular weight excluding hydrogens is 570 g/mol. The normalized spacial score (nSPS) is 45.1. The minimum absolute atomic E-state index is 0.00236. The summed E-state index contributed by atoms with van der Waals surface area (Å²) in [6.07, 6.45) is 9.26. The maximum absolute atomic E-state index is 14.0. The summed E-state index contributed by atoms with van der Waals surface area (Å²) in [5, 5.41) is 2.97. The van der Waals surface area contributed by atoms with E-state index in [1.54, 1.807) is 0 Å². The fraction of sp³-hybridized carbons (Fsp3) is 0.838. The summed E-state index contributed by atoms with van der Waals surface area (Å²) in [4.78, 5) is 50.2. The Labute approximate surface area is 270 Å². The lowest BCUT2D eigenvalue weighted by Gasteiger charge is -2.73. The van der Waals surface area contributed by atoms with Crippen molar-refractivity contribution in [2.75, 3.05) is 20.3 Å². The maximum atomic E-state index is 14.0. The van der Waals surface area contributed by atoms with E-state index in [-0.39, 0.29) is 71.1 Å². The fourth-order valence-electron chi connectivity index (χ4n) is 12.6. The van der Waals surface area contributed by atoms with Gasteiger partial charge in [0.25, 0.3) is 0 Å². The molecule has 45 heavy (non-hydrogen) atoms. The van der Waals surface area contributed by atoms with E-state index < -0.39 is 16.8 Å². The Morgan fingerprint density at radius 2 is 1.51 bits per heavy atom. The molecule has 5 saturated carbocycles. The first-order chi connectivity index (χ1) is 21.0. The first-order valence-electron chi connectivity index (χ1n) is 17.3. The van der Waals surface area contributed by atoms with Gasteiger partial charge in [-0.15, -0.1) is 0 Å². The van der Waals surface area contributed by atoms with Crippen LogP contribution >= 0.6 is 0 Å². The zero-order valence-electron chi connectivity index (χ0n) is 29.0. The van der Waals surface area contributed by atoms with Crippen LogP contribution in [0.2, 0.25) is 0 Å². The zero-order chi connectivity index (χ0) is 33.2. The molecule has 0 aliphatic heterocycles. The first kappa shape index (κ1) is 34.0. The molecular formula is C37H57NO7. The van der Waals surface area contributed by atoms with Gasteiger partial charge in [0.2, 0.25) is 5.91 Å². The number of ether oxygens (including phenoxy) is 3. The van der Waals surface area contributed by atoms with Crippen molar-refractivity contribution in [1.82, 2.24) is 5.32 Å². The Kier molecular flexibility index (Phi) is 8.83. The summed E-state index contributed by atoms with van der Waals surface area (Å²) in [6, 6.07) is 0.